The summed E-state index contributed by atoms with van der Waals surface area (Å²) < 4.78 is 44.8. The minimum absolute atomic E-state index is 0.289. The molecule has 4 nitrogen and oxygen atoms in total. The molecule has 0 spiro atoms. The molecule has 0 atom stereocenters. The molecule has 0 aliphatic heterocycles. The highest BCUT2D eigenvalue weighted by molar-refractivity contribution is 5.89. The first-order valence-electron chi connectivity index (χ1n) is 5.68. The van der Waals surface area contributed by atoms with Crippen molar-refractivity contribution in [3.63, 3.8) is 0 Å². The Morgan fingerprint density at radius 2 is 1.90 bits per heavy atom. The summed E-state index contributed by atoms with van der Waals surface area (Å²) in [4.78, 5) is 14.8. The average Bonchev–Trinajstić information content (AvgIpc) is 2.22. The third-order valence-electron chi connectivity index (χ3n) is 1.80. The number of carbonyl (C=O) groups excluding carboxylic acids is 1. The molecule has 0 aliphatic carbocycles. The molecule has 0 saturated carbocycles. The van der Waals surface area contributed by atoms with Crippen molar-refractivity contribution in [3.05, 3.63) is 29.8 Å². The molecular weight excluding hydrogens is 275 g/mol. The van der Waals surface area contributed by atoms with Gasteiger partial charge in [-0.25, -0.2) is 4.79 Å². The van der Waals surface area contributed by atoms with Crippen molar-refractivity contribution >= 4 is 12.3 Å². The number of halogens is 3. The Hall–Kier alpha value is -2.05. The summed E-state index contributed by atoms with van der Waals surface area (Å²) in [6.45, 7) is 5.04. The van der Waals surface area contributed by atoms with Gasteiger partial charge in [-0.2, -0.15) is 4.99 Å². The first kappa shape index (κ1) is 16.0. The lowest BCUT2D eigenvalue weighted by Crippen LogP contribution is -2.21. The van der Waals surface area contributed by atoms with Gasteiger partial charge in [0.25, 0.3) is 0 Å². The Bertz CT molecular complexity index is 504. The van der Waals surface area contributed by atoms with Crippen LogP contribution < -0.4 is 4.74 Å². The predicted octanol–water partition coefficient (Wildman–Crippen LogP) is 3.94. The average molecular weight is 289 g/mol. The number of benzene rings is 1. The first-order valence-corrected chi connectivity index (χ1v) is 5.68. The zero-order valence-corrected chi connectivity index (χ0v) is 11.2. The van der Waals surface area contributed by atoms with Gasteiger partial charge in [0.1, 0.15) is 11.4 Å². The maximum Gasteiger partial charge on any atom is 0.573 e. The fourth-order valence-corrected chi connectivity index (χ4v) is 1.21. The lowest BCUT2D eigenvalue weighted by molar-refractivity contribution is -0.274. The lowest BCUT2D eigenvalue weighted by atomic mass is 10.2. The zero-order valence-electron chi connectivity index (χ0n) is 11.2. The number of nitrogens with zero attached hydrogens (tertiary/aromatic N) is 1. The van der Waals surface area contributed by atoms with E-state index in [4.69, 9.17) is 4.74 Å². The highest BCUT2D eigenvalue weighted by Gasteiger charge is 2.31. The third kappa shape index (κ3) is 6.77. The van der Waals surface area contributed by atoms with Crippen LogP contribution in [0.25, 0.3) is 0 Å². The summed E-state index contributed by atoms with van der Waals surface area (Å²) in [5.41, 5.74) is -0.395. The lowest BCUT2D eigenvalue weighted by Gasteiger charge is -2.17. The normalized spacial score (nSPS) is 12.5. The largest absolute Gasteiger partial charge is 0.573 e. The van der Waals surface area contributed by atoms with Gasteiger partial charge >= 0.3 is 12.5 Å². The molecule has 0 heterocycles. The van der Waals surface area contributed by atoms with E-state index in [0.29, 0.717) is 0 Å². The van der Waals surface area contributed by atoms with E-state index in [0.717, 1.165) is 18.3 Å². The number of amides is 1. The fraction of sp³-hybridized carbons (Fsp3) is 0.385. The van der Waals surface area contributed by atoms with Gasteiger partial charge in [-0.05, 0) is 38.5 Å². The standard InChI is InChI=1S/C13H14F3NO3/c1-12(2,3)20-11(18)17-8-9-5-4-6-10(7-9)19-13(14,15)16/h4-8H,1-3H3/b17-8+. The Kier molecular flexibility index (Phi) is 4.75. The van der Waals surface area contributed by atoms with E-state index in [9.17, 15) is 18.0 Å². The molecule has 0 aromatic heterocycles. The Morgan fingerprint density at radius 1 is 1.25 bits per heavy atom. The monoisotopic (exact) mass is 289 g/mol. The molecule has 0 unspecified atom stereocenters. The van der Waals surface area contributed by atoms with Crippen molar-refractivity contribution in [1.82, 2.24) is 0 Å². The summed E-state index contributed by atoms with van der Waals surface area (Å²) >= 11 is 0. The summed E-state index contributed by atoms with van der Waals surface area (Å²) in [6.07, 6.45) is -4.47. The predicted molar refractivity (Wildman–Crippen MR) is 67.0 cm³/mol. The maximum atomic E-state index is 12.0. The van der Waals surface area contributed by atoms with Gasteiger partial charge < -0.3 is 9.47 Å². The second-order valence-corrected chi connectivity index (χ2v) is 4.86. The van der Waals surface area contributed by atoms with Crippen LogP contribution in [0.4, 0.5) is 18.0 Å². The highest BCUT2D eigenvalue weighted by atomic mass is 19.4. The van der Waals surface area contributed by atoms with E-state index in [1.54, 1.807) is 20.8 Å². The van der Waals surface area contributed by atoms with E-state index in [1.807, 2.05) is 0 Å². The van der Waals surface area contributed by atoms with Gasteiger partial charge in [-0.15, -0.1) is 13.2 Å². The van der Waals surface area contributed by atoms with Crippen LogP contribution in [0, 0.1) is 0 Å². The van der Waals surface area contributed by atoms with Gasteiger partial charge in [-0.3, -0.25) is 0 Å². The summed E-state index contributed by atoms with van der Waals surface area (Å²) in [7, 11) is 0. The van der Waals surface area contributed by atoms with Crippen LogP contribution in [0.2, 0.25) is 0 Å². The molecule has 1 aromatic rings. The molecule has 7 heteroatoms. The van der Waals surface area contributed by atoms with Gasteiger partial charge in [0.05, 0.1) is 0 Å². The van der Waals surface area contributed by atoms with Gasteiger partial charge in [0.2, 0.25) is 0 Å². The minimum atomic E-state index is -4.76. The molecule has 0 radical (unpaired) electrons. The smallest absolute Gasteiger partial charge is 0.442 e. The van der Waals surface area contributed by atoms with Crippen molar-refractivity contribution in [1.29, 1.82) is 0 Å². The number of ether oxygens (including phenoxy) is 2. The van der Waals surface area contributed by atoms with Gasteiger partial charge in [-0.1, -0.05) is 12.1 Å². The first-order chi connectivity index (χ1) is 9.05. The third-order valence-corrected chi connectivity index (χ3v) is 1.80. The molecule has 0 fully saturated rings. The van der Waals surface area contributed by atoms with Crippen LogP contribution in [-0.2, 0) is 4.74 Å². The number of alkyl halides is 3. The van der Waals surface area contributed by atoms with Crippen molar-refractivity contribution in [2.45, 2.75) is 32.7 Å². The Balaban J connectivity index is 2.73. The molecule has 1 aromatic carbocycles. The van der Waals surface area contributed by atoms with Crippen LogP contribution in [0.15, 0.2) is 29.3 Å². The quantitative estimate of drug-likeness (QED) is 0.775. The molecule has 0 N–H and O–H groups in total. The molecule has 0 aliphatic rings. The molecule has 1 amide bonds. The summed E-state index contributed by atoms with van der Waals surface area (Å²) in [5.74, 6) is -0.384. The topological polar surface area (TPSA) is 47.9 Å². The van der Waals surface area contributed by atoms with Crippen LogP contribution in [0.5, 0.6) is 5.75 Å². The van der Waals surface area contributed by atoms with Crippen LogP contribution in [-0.4, -0.2) is 24.3 Å². The van der Waals surface area contributed by atoms with Crippen molar-refractivity contribution in [2.75, 3.05) is 0 Å². The van der Waals surface area contributed by atoms with Crippen molar-refractivity contribution < 1.29 is 27.4 Å². The zero-order chi connectivity index (χ0) is 15.4. The maximum absolute atomic E-state index is 12.0. The second kappa shape index (κ2) is 5.94. The Labute approximate surface area is 114 Å². The molecule has 0 bridgehead atoms. The van der Waals surface area contributed by atoms with Crippen LogP contribution in [0.1, 0.15) is 26.3 Å². The van der Waals surface area contributed by atoms with E-state index < -0.39 is 18.1 Å². The van der Waals surface area contributed by atoms with E-state index in [2.05, 4.69) is 9.73 Å². The fourth-order valence-electron chi connectivity index (χ4n) is 1.21. The van der Waals surface area contributed by atoms with Crippen LogP contribution in [0.3, 0.4) is 0 Å². The minimum Gasteiger partial charge on any atom is -0.442 e. The molecule has 0 saturated heterocycles. The van der Waals surface area contributed by atoms with Gasteiger partial charge in [0.15, 0.2) is 0 Å². The van der Waals surface area contributed by atoms with Crippen molar-refractivity contribution in [3.8, 4) is 5.75 Å². The van der Waals surface area contributed by atoms with E-state index in [1.165, 1.54) is 12.1 Å². The van der Waals surface area contributed by atoms with Crippen molar-refractivity contribution in [2.24, 2.45) is 4.99 Å². The number of rotatable bonds is 2. The SMILES string of the molecule is CC(C)(C)OC(=O)/N=C/c1cccc(OC(F)(F)F)c1. The Morgan fingerprint density at radius 3 is 2.45 bits per heavy atom. The second-order valence-electron chi connectivity index (χ2n) is 4.86. The van der Waals surface area contributed by atoms with E-state index in [-0.39, 0.29) is 11.3 Å². The number of hydrogen-bond donors (Lipinski definition) is 0. The summed E-state index contributed by atoms with van der Waals surface area (Å²) in [6, 6.07) is 5.11. The van der Waals surface area contributed by atoms with Crippen LogP contribution >= 0.6 is 0 Å². The van der Waals surface area contributed by atoms with E-state index >= 15 is 0 Å². The molecule has 1 rings (SSSR count). The summed E-state index contributed by atoms with van der Waals surface area (Å²) in [5, 5.41) is 0. The molecule has 20 heavy (non-hydrogen) atoms. The number of hydrogen-bond acceptors (Lipinski definition) is 3. The molecular formula is C13H14F3NO3. The van der Waals surface area contributed by atoms with Gasteiger partial charge in [0, 0.05) is 6.21 Å². The number of aliphatic imine (C=N–C) groups is 1. The molecule has 110 valence electrons. The highest BCUT2D eigenvalue weighted by Crippen LogP contribution is 2.22. The number of carbonyl (C=O) groups is 1.